The quantitative estimate of drug-likeness (QED) is 0.879. The fourth-order valence-corrected chi connectivity index (χ4v) is 2.53. The molecule has 0 bridgehead atoms. The van der Waals surface area contributed by atoms with Crippen molar-refractivity contribution in [3.05, 3.63) is 28.8 Å². The van der Waals surface area contributed by atoms with Gasteiger partial charge in [-0.1, -0.05) is 17.7 Å². The number of nitrogens with zero attached hydrogens (tertiary/aromatic N) is 1. The Balaban J connectivity index is 1.79. The number of rotatable bonds is 4. The summed E-state index contributed by atoms with van der Waals surface area (Å²) in [7, 11) is 0. The maximum absolute atomic E-state index is 11.5. The fraction of sp³-hybridized carbons (Fsp3) is 0.500. The van der Waals surface area contributed by atoms with E-state index < -0.39 is 0 Å². The van der Waals surface area contributed by atoms with E-state index in [1.165, 1.54) is 18.4 Å². The average molecular weight is 280 g/mol. The predicted octanol–water partition coefficient (Wildman–Crippen LogP) is 1.53. The zero-order chi connectivity index (χ0) is 13.2. The Morgan fingerprint density at radius 2 is 2.26 bits per heavy atom. The fourth-order valence-electron chi connectivity index (χ4n) is 2.37. The summed E-state index contributed by atoms with van der Waals surface area (Å²) in [6.45, 7) is 2.79. The number of carbonyl (C=O) groups is 1. The molecular formula is C14H18ClN3O. The largest absolute Gasteiger partial charge is 0.360 e. The summed E-state index contributed by atoms with van der Waals surface area (Å²) in [5, 5.41) is 7.08. The van der Waals surface area contributed by atoms with E-state index in [2.05, 4.69) is 21.6 Å². The number of carbonyl (C=O) groups excluding carboxylic acids is 1. The summed E-state index contributed by atoms with van der Waals surface area (Å²) in [6, 6.07) is 6.61. The second kappa shape index (κ2) is 5.39. The lowest BCUT2D eigenvalue weighted by atomic mass is 10.1. The van der Waals surface area contributed by atoms with Crippen LogP contribution in [0.2, 0.25) is 5.02 Å². The zero-order valence-corrected chi connectivity index (χ0v) is 11.5. The molecule has 4 nitrogen and oxygen atoms in total. The van der Waals surface area contributed by atoms with Gasteiger partial charge in [-0.25, -0.2) is 0 Å². The number of hydrogen-bond donors (Lipinski definition) is 2. The molecule has 19 heavy (non-hydrogen) atoms. The maximum atomic E-state index is 11.5. The van der Waals surface area contributed by atoms with Gasteiger partial charge in [0.15, 0.2) is 0 Å². The Labute approximate surface area is 118 Å². The van der Waals surface area contributed by atoms with Gasteiger partial charge in [-0.3, -0.25) is 4.79 Å². The molecule has 1 heterocycles. The van der Waals surface area contributed by atoms with Gasteiger partial charge in [0.25, 0.3) is 0 Å². The van der Waals surface area contributed by atoms with Crippen molar-refractivity contribution >= 4 is 23.2 Å². The van der Waals surface area contributed by atoms with Crippen LogP contribution in [0.15, 0.2) is 18.2 Å². The first kappa shape index (κ1) is 12.8. The first-order valence-corrected chi connectivity index (χ1v) is 7.13. The van der Waals surface area contributed by atoms with Crippen molar-refractivity contribution in [2.24, 2.45) is 0 Å². The van der Waals surface area contributed by atoms with Crippen molar-refractivity contribution in [1.29, 1.82) is 0 Å². The number of anilines is 1. The van der Waals surface area contributed by atoms with Crippen molar-refractivity contribution in [2.75, 3.05) is 24.5 Å². The smallest absolute Gasteiger partial charge is 0.239 e. The SMILES string of the molecule is O=C1CN(c2cc(Cl)ccc2CNC2CC2)CCN1. The maximum Gasteiger partial charge on any atom is 0.239 e. The summed E-state index contributed by atoms with van der Waals surface area (Å²) < 4.78 is 0. The van der Waals surface area contributed by atoms with E-state index >= 15 is 0 Å². The van der Waals surface area contributed by atoms with Crippen LogP contribution in [0.3, 0.4) is 0 Å². The molecule has 0 aromatic heterocycles. The molecule has 3 rings (SSSR count). The molecule has 0 unspecified atom stereocenters. The molecule has 2 N–H and O–H groups in total. The molecule has 1 aromatic rings. The number of piperazine rings is 1. The standard InChI is InChI=1S/C14H18ClN3O/c15-11-2-1-10(8-17-12-3-4-12)13(7-11)18-6-5-16-14(19)9-18/h1-2,7,12,17H,3-6,8-9H2,(H,16,19). The third-order valence-corrected chi connectivity index (χ3v) is 3.82. The van der Waals surface area contributed by atoms with Crippen LogP contribution in [0.5, 0.6) is 0 Å². The van der Waals surface area contributed by atoms with Gasteiger partial charge >= 0.3 is 0 Å². The molecule has 1 aliphatic carbocycles. The van der Waals surface area contributed by atoms with Gasteiger partial charge in [-0.2, -0.15) is 0 Å². The number of hydrogen-bond acceptors (Lipinski definition) is 3. The van der Waals surface area contributed by atoms with Crippen LogP contribution in [0.25, 0.3) is 0 Å². The van der Waals surface area contributed by atoms with Gasteiger partial charge in [-0.05, 0) is 30.5 Å². The Kier molecular flexibility index (Phi) is 3.62. The molecule has 5 heteroatoms. The minimum atomic E-state index is 0.0762. The zero-order valence-electron chi connectivity index (χ0n) is 10.8. The lowest BCUT2D eigenvalue weighted by Crippen LogP contribution is -2.48. The molecule has 2 fully saturated rings. The van der Waals surface area contributed by atoms with Crippen LogP contribution in [0.1, 0.15) is 18.4 Å². The predicted molar refractivity (Wildman–Crippen MR) is 76.5 cm³/mol. The van der Waals surface area contributed by atoms with Crippen LogP contribution < -0.4 is 15.5 Å². The third kappa shape index (κ3) is 3.19. The second-order valence-electron chi connectivity index (χ2n) is 5.20. The van der Waals surface area contributed by atoms with Gasteiger partial charge < -0.3 is 15.5 Å². The monoisotopic (exact) mass is 279 g/mol. The summed E-state index contributed by atoms with van der Waals surface area (Å²) in [6.07, 6.45) is 2.55. The molecule has 1 aromatic carbocycles. The van der Waals surface area contributed by atoms with E-state index in [0.29, 0.717) is 19.1 Å². The first-order chi connectivity index (χ1) is 9.22. The summed E-state index contributed by atoms with van der Waals surface area (Å²) in [5.41, 5.74) is 2.29. The summed E-state index contributed by atoms with van der Waals surface area (Å²) in [4.78, 5) is 13.6. The molecular weight excluding hydrogens is 262 g/mol. The number of amides is 1. The normalized spacial score (nSPS) is 19.4. The Morgan fingerprint density at radius 3 is 3.00 bits per heavy atom. The van der Waals surface area contributed by atoms with Gasteiger partial charge in [0.05, 0.1) is 6.54 Å². The molecule has 2 aliphatic rings. The van der Waals surface area contributed by atoms with Crippen LogP contribution in [0.4, 0.5) is 5.69 Å². The highest BCUT2D eigenvalue weighted by molar-refractivity contribution is 6.30. The van der Waals surface area contributed by atoms with Crippen molar-refractivity contribution in [3.63, 3.8) is 0 Å². The molecule has 0 spiro atoms. The van der Waals surface area contributed by atoms with E-state index in [0.717, 1.165) is 23.8 Å². The summed E-state index contributed by atoms with van der Waals surface area (Å²) in [5.74, 6) is 0.0762. The number of halogens is 1. The highest BCUT2D eigenvalue weighted by Gasteiger charge is 2.22. The van der Waals surface area contributed by atoms with E-state index in [-0.39, 0.29) is 5.91 Å². The Hall–Kier alpha value is -1.26. The number of nitrogens with one attached hydrogen (secondary N) is 2. The second-order valence-corrected chi connectivity index (χ2v) is 5.64. The molecule has 1 amide bonds. The minimum absolute atomic E-state index is 0.0762. The molecule has 1 saturated heterocycles. The van der Waals surface area contributed by atoms with Gasteiger partial charge in [-0.15, -0.1) is 0 Å². The van der Waals surface area contributed by atoms with E-state index in [1.54, 1.807) is 0 Å². The molecule has 1 saturated carbocycles. The lowest BCUT2D eigenvalue weighted by Gasteiger charge is -2.30. The van der Waals surface area contributed by atoms with Crippen LogP contribution in [0, 0.1) is 0 Å². The topological polar surface area (TPSA) is 44.4 Å². The lowest BCUT2D eigenvalue weighted by molar-refractivity contribution is -0.120. The van der Waals surface area contributed by atoms with E-state index in [4.69, 9.17) is 11.6 Å². The highest BCUT2D eigenvalue weighted by Crippen LogP contribution is 2.27. The van der Waals surface area contributed by atoms with Crippen molar-refractivity contribution in [2.45, 2.75) is 25.4 Å². The number of benzene rings is 1. The third-order valence-electron chi connectivity index (χ3n) is 3.58. The molecule has 0 atom stereocenters. The molecule has 0 radical (unpaired) electrons. The minimum Gasteiger partial charge on any atom is -0.360 e. The Morgan fingerprint density at radius 1 is 1.42 bits per heavy atom. The van der Waals surface area contributed by atoms with Crippen molar-refractivity contribution in [3.8, 4) is 0 Å². The Bertz CT molecular complexity index is 488. The van der Waals surface area contributed by atoms with E-state index in [1.807, 2.05) is 12.1 Å². The van der Waals surface area contributed by atoms with Crippen molar-refractivity contribution in [1.82, 2.24) is 10.6 Å². The van der Waals surface area contributed by atoms with Gasteiger partial charge in [0.1, 0.15) is 0 Å². The van der Waals surface area contributed by atoms with Crippen molar-refractivity contribution < 1.29 is 4.79 Å². The van der Waals surface area contributed by atoms with Crippen LogP contribution >= 0.6 is 11.6 Å². The van der Waals surface area contributed by atoms with Gasteiger partial charge in [0, 0.05) is 36.4 Å². The summed E-state index contributed by atoms with van der Waals surface area (Å²) >= 11 is 6.10. The van der Waals surface area contributed by atoms with Gasteiger partial charge in [0.2, 0.25) is 5.91 Å². The van der Waals surface area contributed by atoms with Crippen LogP contribution in [-0.2, 0) is 11.3 Å². The first-order valence-electron chi connectivity index (χ1n) is 6.76. The van der Waals surface area contributed by atoms with E-state index in [9.17, 15) is 4.79 Å². The highest BCUT2D eigenvalue weighted by atomic mass is 35.5. The molecule has 1 aliphatic heterocycles. The molecule has 102 valence electrons. The van der Waals surface area contributed by atoms with Crippen LogP contribution in [-0.4, -0.2) is 31.6 Å². The average Bonchev–Trinajstić information content (AvgIpc) is 3.21.